The molecule has 0 saturated heterocycles. The van der Waals surface area contributed by atoms with Gasteiger partial charge in [-0.1, -0.05) is 6.92 Å². The van der Waals surface area contributed by atoms with Crippen LogP contribution in [0.3, 0.4) is 0 Å². The molecule has 1 unspecified atom stereocenters. The normalized spacial score (nSPS) is 19.7. The Morgan fingerprint density at radius 3 is 3.19 bits per heavy atom. The summed E-state index contributed by atoms with van der Waals surface area (Å²) >= 11 is 0. The molecule has 1 aliphatic rings. The number of hydrogen-bond acceptors (Lipinski definition) is 4. The largest absolute Gasteiger partial charge is 0.308 e. The van der Waals surface area contributed by atoms with E-state index >= 15 is 0 Å². The highest BCUT2D eigenvalue weighted by atomic mass is 15.3. The maximum atomic E-state index is 4.27. The fourth-order valence-electron chi connectivity index (χ4n) is 2.15. The third-order valence-corrected chi connectivity index (χ3v) is 2.98. The molecule has 3 rings (SSSR count). The molecular formula is C10H14N6. The van der Waals surface area contributed by atoms with Crippen LogP contribution in [-0.4, -0.2) is 31.5 Å². The minimum atomic E-state index is 0.321. The van der Waals surface area contributed by atoms with Gasteiger partial charge in [-0.3, -0.25) is 5.10 Å². The highest BCUT2D eigenvalue weighted by Crippen LogP contribution is 2.24. The van der Waals surface area contributed by atoms with Crippen LogP contribution in [0.25, 0.3) is 11.4 Å². The standard InChI is InChI=1S/C10H14N6/c1-2-8-10-15-14-9(7-5-12-13-6-7)16(10)4-3-11-8/h5-6,8,11H,2-4H2,1H3,(H,12,13). The SMILES string of the molecule is CCC1NCCn2c(-c3cn[nH]c3)nnc21. The second-order valence-electron chi connectivity index (χ2n) is 3.94. The number of nitrogens with one attached hydrogen (secondary N) is 2. The molecule has 1 atom stereocenters. The van der Waals surface area contributed by atoms with Gasteiger partial charge in [0.25, 0.3) is 0 Å². The zero-order valence-corrected chi connectivity index (χ0v) is 9.14. The Morgan fingerprint density at radius 1 is 1.50 bits per heavy atom. The summed E-state index contributed by atoms with van der Waals surface area (Å²) in [4.78, 5) is 0. The van der Waals surface area contributed by atoms with Crippen LogP contribution in [-0.2, 0) is 6.54 Å². The minimum Gasteiger partial charge on any atom is -0.308 e. The quantitative estimate of drug-likeness (QED) is 0.779. The van der Waals surface area contributed by atoms with Crippen molar-refractivity contribution < 1.29 is 0 Å². The summed E-state index contributed by atoms with van der Waals surface area (Å²) in [6.07, 6.45) is 4.66. The van der Waals surface area contributed by atoms with Gasteiger partial charge in [0.2, 0.25) is 0 Å². The topological polar surface area (TPSA) is 71.4 Å². The number of rotatable bonds is 2. The second-order valence-corrected chi connectivity index (χ2v) is 3.94. The van der Waals surface area contributed by atoms with E-state index in [4.69, 9.17) is 0 Å². The molecule has 0 fully saturated rings. The molecule has 0 aromatic carbocycles. The number of aromatic nitrogens is 5. The van der Waals surface area contributed by atoms with E-state index in [1.54, 1.807) is 6.20 Å². The molecule has 0 spiro atoms. The van der Waals surface area contributed by atoms with E-state index in [1.165, 1.54) is 0 Å². The lowest BCUT2D eigenvalue weighted by molar-refractivity contribution is 0.407. The molecule has 2 aromatic heterocycles. The van der Waals surface area contributed by atoms with Crippen LogP contribution in [0.4, 0.5) is 0 Å². The average Bonchev–Trinajstić information content (AvgIpc) is 2.96. The lowest BCUT2D eigenvalue weighted by Crippen LogP contribution is -2.33. The third kappa shape index (κ3) is 1.34. The van der Waals surface area contributed by atoms with Gasteiger partial charge in [-0.2, -0.15) is 5.10 Å². The summed E-state index contributed by atoms with van der Waals surface area (Å²) in [7, 11) is 0. The van der Waals surface area contributed by atoms with Gasteiger partial charge in [-0.25, -0.2) is 0 Å². The van der Waals surface area contributed by atoms with Crippen molar-refractivity contribution in [3.8, 4) is 11.4 Å². The van der Waals surface area contributed by atoms with Crippen LogP contribution in [0.15, 0.2) is 12.4 Å². The summed E-state index contributed by atoms with van der Waals surface area (Å²) in [5.41, 5.74) is 0.996. The Balaban J connectivity index is 2.06. The van der Waals surface area contributed by atoms with Crippen molar-refractivity contribution in [2.24, 2.45) is 0 Å². The average molecular weight is 218 g/mol. The van der Waals surface area contributed by atoms with E-state index in [0.29, 0.717) is 6.04 Å². The molecule has 2 N–H and O–H groups in total. The molecular weight excluding hydrogens is 204 g/mol. The monoisotopic (exact) mass is 218 g/mol. The van der Waals surface area contributed by atoms with Gasteiger partial charge in [-0.05, 0) is 6.42 Å². The highest BCUT2D eigenvalue weighted by molar-refractivity contribution is 5.52. The number of H-pyrrole nitrogens is 1. The number of hydrogen-bond donors (Lipinski definition) is 2. The summed E-state index contributed by atoms with van der Waals surface area (Å²) in [5.74, 6) is 1.94. The first-order valence-electron chi connectivity index (χ1n) is 5.55. The van der Waals surface area contributed by atoms with Crippen LogP contribution in [0, 0.1) is 0 Å². The van der Waals surface area contributed by atoms with Crippen molar-refractivity contribution in [3.05, 3.63) is 18.2 Å². The maximum Gasteiger partial charge on any atom is 0.167 e. The predicted molar refractivity (Wildman–Crippen MR) is 58.6 cm³/mol. The van der Waals surface area contributed by atoms with E-state index in [9.17, 15) is 0 Å². The van der Waals surface area contributed by atoms with Gasteiger partial charge < -0.3 is 9.88 Å². The van der Waals surface area contributed by atoms with Crippen molar-refractivity contribution in [2.45, 2.75) is 25.9 Å². The Hall–Kier alpha value is -1.69. The first-order chi connectivity index (χ1) is 7.90. The lowest BCUT2D eigenvalue weighted by atomic mass is 10.1. The Kier molecular flexibility index (Phi) is 2.21. The Bertz CT molecular complexity index is 471. The fraction of sp³-hybridized carbons (Fsp3) is 0.500. The Morgan fingerprint density at radius 2 is 2.44 bits per heavy atom. The molecule has 3 heterocycles. The number of aromatic amines is 1. The highest BCUT2D eigenvalue weighted by Gasteiger charge is 2.24. The molecule has 6 heteroatoms. The zero-order valence-electron chi connectivity index (χ0n) is 9.14. The summed E-state index contributed by atoms with van der Waals surface area (Å²) in [5, 5.41) is 18.7. The van der Waals surface area contributed by atoms with Crippen molar-refractivity contribution in [1.29, 1.82) is 0 Å². The molecule has 0 amide bonds. The van der Waals surface area contributed by atoms with Crippen LogP contribution in [0.5, 0.6) is 0 Å². The van der Waals surface area contributed by atoms with E-state index in [0.717, 1.165) is 36.7 Å². The zero-order chi connectivity index (χ0) is 11.0. The molecule has 16 heavy (non-hydrogen) atoms. The molecule has 0 radical (unpaired) electrons. The van der Waals surface area contributed by atoms with Gasteiger partial charge in [0, 0.05) is 19.3 Å². The molecule has 2 aromatic rings. The van der Waals surface area contributed by atoms with E-state index in [2.05, 4.69) is 37.2 Å². The van der Waals surface area contributed by atoms with Gasteiger partial charge in [0.15, 0.2) is 11.6 Å². The van der Waals surface area contributed by atoms with Crippen LogP contribution >= 0.6 is 0 Å². The smallest absolute Gasteiger partial charge is 0.167 e. The minimum absolute atomic E-state index is 0.321. The molecule has 6 nitrogen and oxygen atoms in total. The first-order valence-corrected chi connectivity index (χ1v) is 5.55. The third-order valence-electron chi connectivity index (χ3n) is 2.98. The molecule has 84 valence electrons. The van der Waals surface area contributed by atoms with Crippen LogP contribution < -0.4 is 5.32 Å². The van der Waals surface area contributed by atoms with Crippen molar-refractivity contribution in [2.75, 3.05) is 6.54 Å². The molecule has 0 saturated carbocycles. The van der Waals surface area contributed by atoms with E-state index < -0.39 is 0 Å². The first kappa shape index (κ1) is 9.53. The summed E-state index contributed by atoms with van der Waals surface area (Å²) in [6, 6.07) is 0.321. The van der Waals surface area contributed by atoms with Gasteiger partial charge in [0.1, 0.15) is 0 Å². The fourth-order valence-corrected chi connectivity index (χ4v) is 2.15. The lowest BCUT2D eigenvalue weighted by Gasteiger charge is -2.23. The Labute approximate surface area is 93.1 Å². The van der Waals surface area contributed by atoms with E-state index in [-0.39, 0.29) is 0 Å². The van der Waals surface area contributed by atoms with Crippen LogP contribution in [0.1, 0.15) is 25.2 Å². The maximum absolute atomic E-state index is 4.27. The van der Waals surface area contributed by atoms with Gasteiger partial charge in [0.05, 0.1) is 17.8 Å². The van der Waals surface area contributed by atoms with Gasteiger partial charge >= 0.3 is 0 Å². The summed E-state index contributed by atoms with van der Waals surface area (Å²) in [6.45, 7) is 4.03. The summed E-state index contributed by atoms with van der Waals surface area (Å²) < 4.78 is 2.18. The number of fused-ring (bicyclic) bond motifs is 1. The van der Waals surface area contributed by atoms with E-state index in [1.807, 2.05) is 6.20 Å². The van der Waals surface area contributed by atoms with Crippen molar-refractivity contribution in [3.63, 3.8) is 0 Å². The molecule has 0 aliphatic carbocycles. The van der Waals surface area contributed by atoms with Crippen LogP contribution in [0.2, 0.25) is 0 Å². The van der Waals surface area contributed by atoms with Gasteiger partial charge in [-0.15, -0.1) is 10.2 Å². The van der Waals surface area contributed by atoms with Crippen molar-refractivity contribution in [1.82, 2.24) is 30.3 Å². The second kappa shape index (κ2) is 3.71. The molecule has 1 aliphatic heterocycles. The predicted octanol–water partition coefficient (Wildman–Crippen LogP) is 0.722. The van der Waals surface area contributed by atoms with Crippen molar-refractivity contribution >= 4 is 0 Å². The molecule has 0 bridgehead atoms. The number of nitrogens with zero attached hydrogens (tertiary/aromatic N) is 4.